The number of carbonyl (C=O) groups is 1. The molecule has 0 bridgehead atoms. The van der Waals surface area contributed by atoms with Crippen molar-refractivity contribution in [2.75, 3.05) is 0 Å². The van der Waals surface area contributed by atoms with E-state index in [1.807, 2.05) is 6.07 Å². The number of nitriles is 1. The van der Waals surface area contributed by atoms with E-state index in [-0.39, 0.29) is 24.1 Å². The van der Waals surface area contributed by atoms with Crippen molar-refractivity contribution < 1.29 is 22.7 Å². The van der Waals surface area contributed by atoms with Gasteiger partial charge in [-0.25, -0.2) is 9.97 Å². The van der Waals surface area contributed by atoms with E-state index in [9.17, 15) is 18.0 Å². The first-order chi connectivity index (χ1) is 14.7. The Hall–Kier alpha value is -3.30. The van der Waals surface area contributed by atoms with E-state index < -0.39 is 24.1 Å². The van der Waals surface area contributed by atoms with E-state index in [2.05, 4.69) is 25.1 Å². The van der Waals surface area contributed by atoms with Gasteiger partial charge in [-0.1, -0.05) is 18.5 Å². The van der Waals surface area contributed by atoms with E-state index >= 15 is 0 Å². The summed E-state index contributed by atoms with van der Waals surface area (Å²) < 4.78 is 42.8. The zero-order valence-corrected chi connectivity index (χ0v) is 18.1. The largest absolute Gasteiger partial charge is 0.573 e. The standard InChI is InChI=1S/C19H14ClF3N6O2.H2S/c1-2-15(17-26-10-27-29(17)16-4-3-11(8-24)9-25-16)28-18(30)12-5-13(20)7-14(6-12)31-19(21,22)23;/h3-7,9-10,15H,2H2,1H3,(H,28,30);1H2/t15-;/m0./s1. The first-order valence-electron chi connectivity index (χ1n) is 8.84. The van der Waals surface area contributed by atoms with Crippen LogP contribution in [0.2, 0.25) is 5.02 Å². The fraction of sp³-hybridized carbons (Fsp3) is 0.211. The number of ether oxygens (including phenoxy) is 1. The van der Waals surface area contributed by atoms with Crippen molar-refractivity contribution >= 4 is 31.0 Å². The minimum absolute atomic E-state index is 0. The van der Waals surface area contributed by atoms with Crippen LogP contribution in [-0.2, 0) is 0 Å². The van der Waals surface area contributed by atoms with Gasteiger partial charge >= 0.3 is 6.36 Å². The summed E-state index contributed by atoms with van der Waals surface area (Å²) in [5, 5.41) is 15.6. The van der Waals surface area contributed by atoms with Crippen LogP contribution in [0, 0.1) is 11.3 Å². The zero-order valence-electron chi connectivity index (χ0n) is 16.4. The predicted octanol–water partition coefficient (Wildman–Crippen LogP) is 4.08. The SMILES string of the molecule is CC[C@H](NC(=O)c1cc(Cl)cc(OC(F)(F)F)c1)c1ncnn1-c1ccc(C#N)cn1.S. The third kappa shape index (κ3) is 6.12. The lowest BCUT2D eigenvalue weighted by Gasteiger charge is -2.18. The highest BCUT2D eigenvalue weighted by Gasteiger charge is 2.31. The number of hydrogen-bond donors (Lipinski definition) is 1. The van der Waals surface area contributed by atoms with Crippen molar-refractivity contribution in [3.05, 3.63) is 64.8 Å². The van der Waals surface area contributed by atoms with Gasteiger partial charge in [0.05, 0.1) is 11.6 Å². The number of alkyl halides is 3. The van der Waals surface area contributed by atoms with Crippen LogP contribution < -0.4 is 10.1 Å². The van der Waals surface area contributed by atoms with Crippen LogP contribution in [0.15, 0.2) is 42.9 Å². The van der Waals surface area contributed by atoms with Gasteiger partial charge in [0.15, 0.2) is 11.6 Å². The normalized spacial score (nSPS) is 11.8. The second kappa shape index (κ2) is 10.3. The number of carbonyl (C=O) groups excluding carboxylic acids is 1. The number of nitrogens with one attached hydrogen (secondary N) is 1. The van der Waals surface area contributed by atoms with E-state index in [1.54, 1.807) is 19.1 Å². The average Bonchev–Trinajstić information content (AvgIpc) is 3.19. The van der Waals surface area contributed by atoms with Crippen molar-refractivity contribution in [2.45, 2.75) is 25.7 Å². The first-order valence-corrected chi connectivity index (χ1v) is 9.21. The quantitative estimate of drug-likeness (QED) is 0.565. The molecule has 8 nitrogen and oxygen atoms in total. The minimum Gasteiger partial charge on any atom is -0.406 e. The number of benzene rings is 1. The summed E-state index contributed by atoms with van der Waals surface area (Å²) >= 11 is 5.84. The Morgan fingerprint density at radius 2 is 2.06 bits per heavy atom. The Morgan fingerprint density at radius 1 is 1.31 bits per heavy atom. The number of rotatable bonds is 6. The molecule has 0 saturated heterocycles. The number of hydrogen-bond acceptors (Lipinski definition) is 6. The van der Waals surface area contributed by atoms with Gasteiger partial charge < -0.3 is 10.1 Å². The highest BCUT2D eigenvalue weighted by molar-refractivity contribution is 7.59. The molecular weight excluding hydrogens is 469 g/mol. The van der Waals surface area contributed by atoms with Crippen molar-refractivity contribution in [3.8, 4) is 17.6 Å². The van der Waals surface area contributed by atoms with Gasteiger partial charge in [0.2, 0.25) is 0 Å². The molecular formula is C19H16ClF3N6O2S. The number of amides is 1. The van der Waals surface area contributed by atoms with E-state index in [1.165, 1.54) is 23.3 Å². The van der Waals surface area contributed by atoms with Gasteiger partial charge in [-0.15, -0.1) is 13.2 Å². The number of nitrogens with zero attached hydrogens (tertiary/aromatic N) is 5. The number of halogens is 4. The zero-order chi connectivity index (χ0) is 22.6. The van der Waals surface area contributed by atoms with Crippen LogP contribution in [0.25, 0.3) is 5.82 Å². The van der Waals surface area contributed by atoms with Crippen LogP contribution in [0.3, 0.4) is 0 Å². The predicted molar refractivity (Wildman–Crippen MR) is 113 cm³/mol. The first kappa shape index (κ1) is 25.0. The summed E-state index contributed by atoms with van der Waals surface area (Å²) in [7, 11) is 0. The Balaban J connectivity index is 0.00000363. The van der Waals surface area contributed by atoms with Gasteiger partial charge in [0.25, 0.3) is 5.91 Å². The van der Waals surface area contributed by atoms with Crippen LogP contribution in [-0.4, -0.2) is 32.0 Å². The van der Waals surface area contributed by atoms with E-state index in [0.29, 0.717) is 23.6 Å². The smallest absolute Gasteiger partial charge is 0.406 e. The maximum atomic E-state index is 12.7. The highest BCUT2D eigenvalue weighted by atomic mass is 35.5. The van der Waals surface area contributed by atoms with Crippen molar-refractivity contribution in [3.63, 3.8) is 0 Å². The topological polar surface area (TPSA) is 106 Å². The van der Waals surface area contributed by atoms with Crippen molar-refractivity contribution in [1.29, 1.82) is 5.26 Å². The molecule has 0 radical (unpaired) electrons. The van der Waals surface area contributed by atoms with Crippen LogP contribution in [0.5, 0.6) is 5.75 Å². The van der Waals surface area contributed by atoms with Crippen LogP contribution >= 0.6 is 25.1 Å². The van der Waals surface area contributed by atoms with Gasteiger partial charge in [-0.05, 0) is 36.8 Å². The lowest BCUT2D eigenvalue weighted by atomic mass is 10.1. The molecule has 2 heterocycles. The Bertz CT molecular complexity index is 1130. The van der Waals surface area contributed by atoms with Crippen molar-refractivity contribution in [1.82, 2.24) is 25.1 Å². The van der Waals surface area contributed by atoms with Gasteiger partial charge in [-0.3, -0.25) is 4.79 Å². The molecule has 168 valence electrons. The molecule has 0 saturated carbocycles. The third-order valence-electron chi connectivity index (χ3n) is 4.06. The van der Waals surface area contributed by atoms with Gasteiger partial charge in [-0.2, -0.15) is 28.5 Å². The fourth-order valence-corrected chi connectivity index (χ4v) is 2.94. The molecule has 0 aliphatic rings. The molecule has 1 aromatic carbocycles. The van der Waals surface area contributed by atoms with Gasteiger partial charge in [0.1, 0.15) is 18.1 Å². The molecule has 0 spiro atoms. The highest BCUT2D eigenvalue weighted by Crippen LogP contribution is 2.27. The lowest BCUT2D eigenvalue weighted by Crippen LogP contribution is -2.30. The van der Waals surface area contributed by atoms with E-state index in [4.69, 9.17) is 16.9 Å². The second-order valence-corrected chi connectivity index (χ2v) is 6.64. The molecule has 0 aliphatic heterocycles. The molecule has 0 unspecified atom stereocenters. The van der Waals surface area contributed by atoms with Crippen molar-refractivity contribution in [2.24, 2.45) is 0 Å². The lowest BCUT2D eigenvalue weighted by molar-refractivity contribution is -0.274. The Kier molecular flexibility index (Phi) is 8.07. The summed E-state index contributed by atoms with van der Waals surface area (Å²) in [5.74, 6) is -0.559. The summed E-state index contributed by atoms with van der Waals surface area (Å²) in [6, 6.07) is 7.56. The second-order valence-electron chi connectivity index (χ2n) is 6.20. The molecule has 32 heavy (non-hydrogen) atoms. The molecule has 0 fully saturated rings. The monoisotopic (exact) mass is 484 g/mol. The van der Waals surface area contributed by atoms with Gasteiger partial charge in [0, 0.05) is 16.8 Å². The molecule has 3 aromatic rings. The maximum Gasteiger partial charge on any atom is 0.573 e. The fourth-order valence-electron chi connectivity index (χ4n) is 2.72. The summed E-state index contributed by atoms with van der Waals surface area (Å²) in [6.45, 7) is 1.78. The third-order valence-corrected chi connectivity index (χ3v) is 4.28. The Labute approximate surface area is 192 Å². The minimum atomic E-state index is -4.92. The number of aromatic nitrogens is 4. The molecule has 1 amide bonds. The van der Waals surface area contributed by atoms with Crippen LogP contribution in [0.1, 0.15) is 41.1 Å². The molecule has 2 aromatic heterocycles. The summed E-state index contributed by atoms with van der Waals surface area (Å²) in [4.78, 5) is 21.0. The van der Waals surface area contributed by atoms with E-state index in [0.717, 1.165) is 12.1 Å². The maximum absolute atomic E-state index is 12.7. The Morgan fingerprint density at radius 3 is 2.66 bits per heavy atom. The molecule has 3 rings (SSSR count). The summed E-state index contributed by atoms with van der Waals surface area (Å²) in [5.41, 5.74) is 0.247. The molecule has 0 aliphatic carbocycles. The average molecular weight is 485 g/mol. The molecule has 1 atom stereocenters. The molecule has 13 heteroatoms. The molecule has 1 N–H and O–H groups in total. The number of pyridine rings is 1. The van der Waals surface area contributed by atoms with Crippen LogP contribution in [0.4, 0.5) is 13.2 Å². The summed E-state index contributed by atoms with van der Waals surface area (Å²) in [6.07, 6.45) is -1.88.